The summed E-state index contributed by atoms with van der Waals surface area (Å²) in [5.41, 5.74) is 1.17. The van der Waals surface area contributed by atoms with E-state index in [1.807, 2.05) is 11.3 Å². The fraction of sp³-hybridized carbons (Fsp3) is 0.786. The molecule has 0 aromatic carbocycles. The Balaban J connectivity index is 2.01. The summed E-state index contributed by atoms with van der Waals surface area (Å²) in [5.74, 6) is 1.72. The monoisotopic (exact) mass is 252 g/mol. The van der Waals surface area contributed by atoms with Gasteiger partial charge in [0.2, 0.25) is 0 Å². The second-order valence-electron chi connectivity index (χ2n) is 5.32. The minimum atomic E-state index is 0.628. The van der Waals surface area contributed by atoms with Gasteiger partial charge in [0.25, 0.3) is 0 Å². The molecule has 0 bridgehead atoms. The molecule has 1 aliphatic rings. The summed E-state index contributed by atoms with van der Waals surface area (Å²) in [7, 11) is 0. The van der Waals surface area contributed by atoms with Gasteiger partial charge >= 0.3 is 0 Å². The maximum absolute atomic E-state index is 4.61. The molecule has 0 radical (unpaired) electrons. The molecule has 1 heterocycles. The Bertz CT molecular complexity index is 348. The highest BCUT2D eigenvalue weighted by Crippen LogP contribution is 2.34. The lowest BCUT2D eigenvalue weighted by molar-refractivity contribution is 0.298. The molecule has 0 aliphatic heterocycles. The van der Waals surface area contributed by atoms with Gasteiger partial charge in [-0.25, -0.2) is 4.98 Å². The Morgan fingerprint density at radius 3 is 2.88 bits per heavy atom. The summed E-state index contributed by atoms with van der Waals surface area (Å²) in [4.78, 5) is 4.61. The fourth-order valence-electron chi connectivity index (χ4n) is 3.09. The highest BCUT2D eigenvalue weighted by Gasteiger charge is 2.30. The normalized spacial score (nSPS) is 26.3. The largest absolute Gasteiger partial charge is 0.314 e. The van der Waals surface area contributed by atoms with E-state index in [9.17, 15) is 0 Å². The average molecular weight is 252 g/mol. The number of hydrogen-bond acceptors (Lipinski definition) is 3. The van der Waals surface area contributed by atoms with Crippen LogP contribution in [0.3, 0.4) is 0 Å². The second-order valence-corrected chi connectivity index (χ2v) is 6.27. The van der Waals surface area contributed by atoms with Crippen molar-refractivity contribution in [2.24, 2.45) is 11.8 Å². The minimum absolute atomic E-state index is 0.628. The zero-order chi connectivity index (χ0) is 12.3. The van der Waals surface area contributed by atoms with E-state index in [-0.39, 0.29) is 0 Å². The lowest BCUT2D eigenvalue weighted by atomic mass is 9.88. The zero-order valence-electron chi connectivity index (χ0n) is 11.2. The number of aromatic nitrogens is 1. The van der Waals surface area contributed by atoms with Crippen molar-refractivity contribution >= 4 is 11.3 Å². The van der Waals surface area contributed by atoms with E-state index in [1.165, 1.54) is 30.0 Å². The molecular weight excluding hydrogens is 228 g/mol. The summed E-state index contributed by atoms with van der Waals surface area (Å²) >= 11 is 1.81. The van der Waals surface area contributed by atoms with E-state index in [1.54, 1.807) is 0 Å². The van der Waals surface area contributed by atoms with Gasteiger partial charge < -0.3 is 5.32 Å². The summed E-state index contributed by atoms with van der Waals surface area (Å²) in [6.07, 6.45) is 5.32. The molecule has 0 saturated heterocycles. The van der Waals surface area contributed by atoms with Gasteiger partial charge in [-0.3, -0.25) is 0 Å². The average Bonchev–Trinajstić information content (AvgIpc) is 2.87. The predicted octanol–water partition coefficient (Wildman–Crippen LogP) is 3.41. The molecule has 1 aromatic rings. The molecule has 3 atom stereocenters. The number of rotatable bonds is 5. The van der Waals surface area contributed by atoms with Crippen molar-refractivity contribution in [3.63, 3.8) is 0 Å². The SMILES string of the molecule is CCNC(Cc1nc(C)cs1)C1CCCC1C. The lowest BCUT2D eigenvalue weighted by Crippen LogP contribution is -2.39. The van der Waals surface area contributed by atoms with Gasteiger partial charge in [-0.1, -0.05) is 26.7 Å². The number of hydrogen-bond donors (Lipinski definition) is 1. The Kier molecular flexibility index (Phi) is 4.57. The van der Waals surface area contributed by atoms with Crippen molar-refractivity contribution in [1.82, 2.24) is 10.3 Å². The van der Waals surface area contributed by atoms with Gasteiger partial charge in [0.05, 0.1) is 5.01 Å². The van der Waals surface area contributed by atoms with Crippen LogP contribution in [0.5, 0.6) is 0 Å². The topological polar surface area (TPSA) is 24.9 Å². The quantitative estimate of drug-likeness (QED) is 0.868. The first-order valence-electron chi connectivity index (χ1n) is 6.85. The third kappa shape index (κ3) is 3.29. The molecule has 1 fully saturated rings. The first-order chi connectivity index (χ1) is 8.20. The van der Waals surface area contributed by atoms with Gasteiger partial charge in [0.1, 0.15) is 0 Å². The van der Waals surface area contributed by atoms with Crippen LogP contribution in [-0.4, -0.2) is 17.6 Å². The van der Waals surface area contributed by atoms with Crippen LogP contribution in [0.4, 0.5) is 0 Å². The van der Waals surface area contributed by atoms with Gasteiger partial charge in [0, 0.05) is 23.5 Å². The minimum Gasteiger partial charge on any atom is -0.314 e. The molecule has 3 unspecified atom stereocenters. The Morgan fingerprint density at radius 2 is 2.35 bits per heavy atom. The van der Waals surface area contributed by atoms with Crippen LogP contribution >= 0.6 is 11.3 Å². The van der Waals surface area contributed by atoms with Gasteiger partial charge in [-0.05, 0) is 31.7 Å². The molecule has 96 valence electrons. The van der Waals surface area contributed by atoms with Crippen LogP contribution < -0.4 is 5.32 Å². The molecule has 0 amide bonds. The van der Waals surface area contributed by atoms with Crippen molar-refractivity contribution in [2.75, 3.05) is 6.54 Å². The highest BCUT2D eigenvalue weighted by atomic mass is 32.1. The van der Waals surface area contributed by atoms with Crippen LogP contribution in [0, 0.1) is 18.8 Å². The molecule has 2 nitrogen and oxygen atoms in total. The number of nitrogens with zero attached hydrogens (tertiary/aromatic N) is 1. The molecule has 0 spiro atoms. The number of likely N-dealkylation sites (N-methyl/N-ethyl adjacent to an activating group) is 1. The van der Waals surface area contributed by atoms with Crippen LogP contribution in [0.1, 0.15) is 43.8 Å². The number of nitrogens with one attached hydrogen (secondary N) is 1. The van der Waals surface area contributed by atoms with Crippen molar-refractivity contribution in [3.05, 3.63) is 16.1 Å². The highest BCUT2D eigenvalue weighted by molar-refractivity contribution is 7.09. The van der Waals surface area contributed by atoms with Crippen LogP contribution in [-0.2, 0) is 6.42 Å². The lowest BCUT2D eigenvalue weighted by Gasteiger charge is -2.27. The van der Waals surface area contributed by atoms with Gasteiger partial charge in [0.15, 0.2) is 0 Å². The molecule has 3 heteroatoms. The Labute approximate surface area is 109 Å². The number of thiazole rings is 1. The standard InChI is InChI=1S/C14H24N2S/c1-4-15-13(12-7-5-6-10(12)2)8-14-16-11(3)9-17-14/h9-10,12-13,15H,4-8H2,1-3H3. The van der Waals surface area contributed by atoms with Gasteiger partial charge in [-0.2, -0.15) is 0 Å². The Hall–Kier alpha value is -0.410. The summed E-state index contributed by atoms with van der Waals surface area (Å²) < 4.78 is 0. The van der Waals surface area contributed by atoms with E-state index >= 15 is 0 Å². The van der Waals surface area contributed by atoms with E-state index in [2.05, 4.69) is 36.5 Å². The molecule has 1 saturated carbocycles. The predicted molar refractivity (Wildman–Crippen MR) is 74.5 cm³/mol. The van der Waals surface area contributed by atoms with Crippen molar-refractivity contribution in [2.45, 2.75) is 52.5 Å². The third-order valence-corrected chi connectivity index (χ3v) is 4.96. The van der Waals surface area contributed by atoms with E-state index < -0.39 is 0 Å². The van der Waals surface area contributed by atoms with Crippen molar-refractivity contribution in [3.8, 4) is 0 Å². The first kappa shape index (κ1) is 13.0. The fourth-order valence-corrected chi connectivity index (χ4v) is 3.93. The van der Waals surface area contributed by atoms with E-state index in [4.69, 9.17) is 0 Å². The molecule has 17 heavy (non-hydrogen) atoms. The molecule has 1 aliphatic carbocycles. The first-order valence-corrected chi connectivity index (χ1v) is 7.73. The van der Waals surface area contributed by atoms with Gasteiger partial charge in [-0.15, -0.1) is 11.3 Å². The smallest absolute Gasteiger partial charge is 0.0943 e. The Morgan fingerprint density at radius 1 is 1.53 bits per heavy atom. The second kappa shape index (κ2) is 5.96. The number of aryl methyl sites for hydroxylation is 1. The van der Waals surface area contributed by atoms with Crippen LogP contribution in [0.25, 0.3) is 0 Å². The zero-order valence-corrected chi connectivity index (χ0v) is 12.0. The van der Waals surface area contributed by atoms with Crippen LogP contribution in [0.15, 0.2) is 5.38 Å². The molecular formula is C14H24N2S. The maximum Gasteiger partial charge on any atom is 0.0943 e. The molecule has 2 rings (SSSR count). The van der Waals surface area contributed by atoms with E-state index in [0.717, 1.165) is 24.8 Å². The van der Waals surface area contributed by atoms with Crippen molar-refractivity contribution < 1.29 is 0 Å². The van der Waals surface area contributed by atoms with E-state index in [0.29, 0.717) is 6.04 Å². The third-order valence-electron chi connectivity index (χ3n) is 3.97. The summed E-state index contributed by atoms with van der Waals surface area (Å²) in [5, 5.41) is 7.14. The summed E-state index contributed by atoms with van der Waals surface area (Å²) in [6, 6.07) is 0.628. The molecule has 1 aromatic heterocycles. The molecule has 1 N–H and O–H groups in total. The van der Waals surface area contributed by atoms with Crippen LogP contribution in [0.2, 0.25) is 0 Å². The summed E-state index contributed by atoms with van der Waals surface area (Å²) in [6.45, 7) is 7.77. The maximum atomic E-state index is 4.61. The van der Waals surface area contributed by atoms with Crippen molar-refractivity contribution in [1.29, 1.82) is 0 Å².